The van der Waals surface area contributed by atoms with Crippen LogP contribution >= 0.6 is 23.2 Å². The molecule has 8 heteroatoms. The standard InChI is InChI=1S/C21H18Cl2N2O4/c1-21(2,3)25(24-19(27)12-4-6-13(22)7-5-12)20(28)16-11-29-17-9-8-14(23)10-15(17)18(16)26/h4-11H,1-3H3,(H,24,27). The van der Waals surface area contributed by atoms with Crippen LogP contribution in [0, 0.1) is 0 Å². The van der Waals surface area contributed by atoms with Crippen LogP contribution in [0.15, 0.2) is 57.9 Å². The Morgan fingerprint density at radius 2 is 1.62 bits per heavy atom. The Kier molecular flexibility index (Phi) is 5.68. The predicted molar refractivity (Wildman–Crippen MR) is 112 cm³/mol. The molecule has 0 atom stereocenters. The highest BCUT2D eigenvalue weighted by molar-refractivity contribution is 6.31. The van der Waals surface area contributed by atoms with Crippen molar-refractivity contribution in [3.63, 3.8) is 0 Å². The van der Waals surface area contributed by atoms with Crippen molar-refractivity contribution < 1.29 is 14.0 Å². The Hall–Kier alpha value is -2.83. The SMILES string of the molecule is CC(C)(C)N(NC(=O)c1ccc(Cl)cc1)C(=O)c1coc2ccc(Cl)cc2c1=O. The number of nitrogens with one attached hydrogen (secondary N) is 1. The summed E-state index contributed by atoms with van der Waals surface area (Å²) in [7, 11) is 0. The molecule has 1 aromatic heterocycles. The minimum absolute atomic E-state index is 0.182. The maximum Gasteiger partial charge on any atom is 0.279 e. The first-order valence-electron chi connectivity index (χ1n) is 8.70. The second-order valence-corrected chi connectivity index (χ2v) is 8.25. The molecule has 3 aromatic rings. The minimum Gasteiger partial charge on any atom is -0.463 e. The fourth-order valence-electron chi connectivity index (χ4n) is 2.66. The van der Waals surface area contributed by atoms with Crippen LogP contribution in [-0.4, -0.2) is 22.4 Å². The Bertz CT molecular complexity index is 1150. The van der Waals surface area contributed by atoms with Gasteiger partial charge in [0.1, 0.15) is 17.4 Å². The molecule has 0 fully saturated rings. The molecule has 1 heterocycles. The molecule has 29 heavy (non-hydrogen) atoms. The van der Waals surface area contributed by atoms with Crippen LogP contribution in [0.2, 0.25) is 10.0 Å². The summed E-state index contributed by atoms with van der Waals surface area (Å²) in [5, 5.41) is 2.11. The Balaban J connectivity index is 1.99. The maximum atomic E-state index is 13.2. The summed E-state index contributed by atoms with van der Waals surface area (Å²) in [5.41, 5.74) is 1.62. The van der Waals surface area contributed by atoms with Crippen molar-refractivity contribution in [1.29, 1.82) is 0 Å². The molecule has 2 amide bonds. The first-order valence-corrected chi connectivity index (χ1v) is 9.45. The summed E-state index contributed by atoms with van der Waals surface area (Å²) in [4.78, 5) is 38.6. The van der Waals surface area contributed by atoms with Gasteiger partial charge in [0.25, 0.3) is 11.8 Å². The van der Waals surface area contributed by atoms with Crippen LogP contribution < -0.4 is 10.9 Å². The minimum atomic E-state index is -0.825. The van der Waals surface area contributed by atoms with Crippen molar-refractivity contribution in [2.75, 3.05) is 0 Å². The van der Waals surface area contributed by atoms with Crippen LogP contribution in [0.1, 0.15) is 41.5 Å². The number of carbonyl (C=O) groups is 2. The fraction of sp³-hybridized carbons (Fsp3) is 0.190. The van der Waals surface area contributed by atoms with Gasteiger partial charge in [-0.15, -0.1) is 0 Å². The van der Waals surface area contributed by atoms with Crippen LogP contribution in [0.3, 0.4) is 0 Å². The highest BCUT2D eigenvalue weighted by atomic mass is 35.5. The number of amides is 2. The molecule has 0 radical (unpaired) electrons. The van der Waals surface area contributed by atoms with Gasteiger partial charge < -0.3 is 4.42 Å². The average molecular weight is 433 g/mol. The number of nitrogens with zero attached hydrogens (tertiary/aromatic N) is 1. The van der Waals surface area contributed by atoms with E-state index in [9.17, 15) is 14.4 Å². The molecule has 150 valence electrons. The smallest absolute Gasteiger partial charge is 0.279 e. The van der Waals surface area contributed by atoms with Gasteiger partial charge in [-0.05, 0) is 63.2 Å². The number of hydrogen-bond acceptors (Lipinski definition) is 4. The quantitative estimate of drug-likeness (QED) is 0.595. The van der Waals surface area contributed by atoms with Gasteiger partial charge in [-0.25, -0.2) is 5.01 Å². The van der Waals surface area contributed by atoms with E-state index in [0.717, 1.165) is 11.3 Å². The molecule has 0 aliphatic rings. The number of rotatable bonds is 2. The van der Waals surface area contributed by atoms with Gasteiger partial charge in [0.05, 0.1) is 10.9 Å². The van der Waals surface area contributed by atoms with E-state index in [1.165, 1.54) is 18.2 Å². The van der Waals surface area contributed by atoms with E-state index in [0.29, 0.717) is 21.2 Å². The largest absolute Gasteiger partial charge is 0.463 e. The lowest BCUT2D eigenvalue weighted by atomic mass is 10.1. The third kappa shape index (κ3) is 4.44. The normalized spacial score (nSPS) is 11.3. The van der Waals surface area contributed by atoms with Crippen molar-refractivity contribution in [2.24, 2.45) is 0 Å². The summed E-state index contributed by atoms with van der Waals surface area (Å²) in [6.45, 7) is 5.19. The molecule has 2 aromatic carbocycles. The van der Waals surface area contributed by atoms with Crippen LogP contribution in [0.5, 0.6) is 0 Å². The first kappa shape index (κ1) is 20.9. The topological polar surface area (TPSA) is 79.6 Å². The third-order valence-corrected chi connectivity index (χ3v) is 4.65. The van der Waals surface area contributed by atoms with Crippen LogP contribution in [-0.2, 0) is 0 Å². The van der Waals surface area contributed by atoms with E-state index >= 15 is 0 Å². The number of fused-ring (bicyclic) bond motifs is 1. The lowest BCUT2D eigenvalue weighted by Gasteiger charge is -2.35. The Morgan fingerprint density at radius 1 is 1.00 bits per heavy atom. The molecule has 0 saturated carbocycles. The number of hydrogen-bond donors (Lipinski definition) is 1. The van der Waals surface area contributed by atoms with Crippen molar-refractivity contribution in [3.05, 3.63) is 80.1 Å². The molecular formula is C21H18Cl2N2O4. The average Bonchev–Trinajstić information content (AvgIpc) is 2.66. The van der Waals surface area contributed by atoms with Crippen LogP contribution in [0.25, 0.3) is 11.0 Å². The number of halogens is 2. The summed E-state index contributed by atoms with van der Waals surface area (Å²) < 4.78 is 5.43. The van der Waals surface area contributed by atoms with Gasteiger partial charge in [-0.1, -0.05) is 23.2 Å². The van der Waals surface area contributed by atoms with E-state index in [1.807, 2.05) is 0 Å². The fourth-order valence-corrected chi connectivity index (χ4v) is 2.96. The van der Waals surface area contributed by atoms with Gasteiger partial charge in [-0.2, -0.15) is 0 Å². The van der Waals surface area contributed by atoms with Gasteiger partial charge >= 0.3 is 0 Å². The van der Waals surface area contributed by atoms with E-state index in [2.05, 4.69) is 5.43 Å². The molecule has 0 spiro atoms. The highest BCUT2D eigenvalue weighted by Gasteiger charge is 2.31. The molecule has 0 aliphatic carbocycles. The molecule has 6 nitrogen and oxygen atoms in total. The molecule has 0 unspecified atom stereocenters. The molecular weight excluding hydrogens is 415 g/mol. The summed E-state index contributed by atoms with van der Waals surface area (Å²) >= 11 is 11.8. The molecule has 0 bridgehead atoms. The number of carbonyl (C=O) groups excluding carboxylic acids is 2. The van der Waals surface area contributed by atoms with Crippen molar-refractivity contribution in [1.82, 2.24) is 10.4 Å². The number of benzene rings is 2. The predicted octanol–water partition coefficient (Wildman–Crippen LogP) is 4.69. The molecule has 1 N–H and O–H groups in total. The molecule has 3 rings (SSSR count). The number of hydrazine groups is 1. The first-order chi connectivity index (χ1) is 13.6. The van der Waals surface area contributed by atoms with Gasteiger partial charge in [0.15, 0.2) is 0 Å². The lowest BCUT2D eigenvalue weighted by Crippen LogP contribution is -2.56. The summed E-state index contributed by atoms with van der Waals surface area (Å²) in [5.74, 6) is -1.21. The van der Waals surface area contributed by atoms with E-state index in [4.69, 9.17) is 27.6 Å². The van der Waals surface area contributed by atoms with Crippen LogP contribution in [0.4, 0.5) is 0 Å². The van der Waals surface area contributed by atoms with E-state index in [1.54, 1.807) is 45.0 Å². The monoisotopic (exact) mass is 432 g/mol. The Labute approximate surface area is 177 Å². The molecule has 0 aliphatic heterocycles. The van der Waals surface area contributed by atoms with E-state index < -0.39 is 22.8 Å². The van der Waals surface area contributed by atoms with Gasteiger partial charge in [0.2, 0.25) is 5.43 Å². The summed E-state index contributed by atoms with van der Waals surface area (Å²) in [6.07, 6.45) is 1.09. The summed E-state index contributed by atoms with van der Waals surface area (Å²) in [6, 6.07) is 10.8. The van der Waals surface area contributed by atoms with Crippen molar-refractivity contribution in [2.45, 2.75) is 26.3 Å². The third-order valence-electron chi connectivity index (χ3n) is 4.16. The zero-order valence-corrected chi connectivity index (χ0v) is 17.5. The van der Waals surface area contributed by atoms with Gasteiger partial charge in [0, 0.05) is 15.6 Å². The van der Waals surface area contributed by atoms with Crippen molar-refractivity contribution >= 4 is 46.0 Å². The van der Waals surface area contributed by atoms with Gasteiger partial charge in [-0.3, -0.25) is 19.8 Å². The second-order valence-electron chi connectivity index (χ2n) is 7.38. The highest BCUT2D eigenvalue weighted by Crippen LogP contribution is 2.20. The zero-order chi connectivity index (χ0) is 21.3. The second kappa shape index (κ2) is 7.89. The lowest BCUT2D eigenvalue weighted by molar-refractivity contribution is 0.0356. The maximum absolute atomic E-state index is 13.2. The van der Waals surface area contributed by atoms with Crippen molar-refractivity contribution in [3.8, 4) is 0 Å². The molecule has 0 saturated heterocycles. The Morgan fingerprint density at radius 3 is 2.24 bits per heavy atom. The van der Waals surface area contributed by atoms with E-state index in [-0.39, 0.29) is 10.9 Å². The zero-order valence-electron chi connectivity index (χ0n) is 16.0.